The Balaban J connectivity index is 2.57. The Labute approximate surface area is 111 Å². The highest BCUT2D eigenvalue weighted by Gasteiger charge is 2.23. The fourth-order valence-electron chi connectivity index (χ4n) is 2.03. The van der Waals surface area contributed by atoms with Crippen molar-refractivity contribution in [1.82, 2.24) is 10.1 Å². The number of rotatable bonds is 7. The highest BCUT2D eigenvalue weighted by atomic mass is 16.5. The van der Waals surface area contributed by atoms with E-state index in [2.05, 4.69) is 44.8 Å². The summed E-state index contributed by atoms with van der Waals surface area (Å²) in [6, 6.07) is 0. The van der Waals surface area contributed by atoms with E-state index in [4.69, 9.17) is 4.52 Å². The van der Waals surface area contributed by atoms with Crippen LogP contribution in [0.3, 0.4) is 0 Å². The molecular weight excluding hydrogens is 224 g/mol. The molecule has 1 aromatic rings. The van der Waals surface area contributed by atoms with Gasteiger partial charge in [0.15, 0.2) is 5.82 Å². The van der Waals surface area contributed by atoms with Crippen molar-refractivity contribution in [3.8, 4) is 0 Å². The van der Waals surface area contributed by atoms with E-state index in [0.29, 0.717) is 5.92 Å². The lowest BCUT2D eigenvalue weighted by molar-refractivity contribution is 0.330. The van der Waals surface area contributed by atoms with Crippen LogP contribution in [0.25, 0.3) is 0 Å². The number of aromatic nitrogens is 2. The first-order valence-corrected chi connectivity index (χ1v) is 7.33. The third-order valence-electron chi connectivity index (χ3n) is 3.36. The lowest BCUT2D eigenvalue weighted by atomic mass is 9.95. The van der Waals surface area contributed by atoms with Crippen LogP contribution in [-0.2, 0) is 5.41 Å². The van der Waals surface area contributed by atoms with Crippen LogP contribution < -0.4 is 0 Å². The third kappa shape index (κ3) is 4.43. The molecule has 104 valence electrons. The second-order valence-electron chi connectivity index (χ2n) is 6.16. The first kappa shape index (κ1) is 15.2. The molecule has 3 nitrogen and oxygen atoms in total. The fraction of sp³-hybridized carbons (Fsp3) is 0.867. The molecule has 0 aliphatic rings. The van der Waals surface area contributed by atoms with Gasteiger partial charge in [-0.15, -0.1) is 0 Å². The molecule has 0 saturated heterocycles. The van der Waals surface area contributed by atoms with E-state index in [-0.39, 0.29) is 5.41 Å². The van der Waals surface area contributed by atoms with E-state index in [1.807, 2.05) is 0 Å². The van der Waals surface area contributed by atoms with E-state index in [1.54, 1.807) is 0 Å². The lowest BCUT2D eigenvalue weighted by Gasteiger charge is -2.12. The van der Waals surface area contributed by atoms with E-state index in [0.717, 1.165) is 18.1 Å². The molecule has 1 atom stereocenters. The minimum Gasteiger partial charge on any atom is -0.339 e. The number of nitrogens with zero attached hydrogens (tertiary/aromatic N) is 2. The minimum atomic E-state index is -0.0255. The van der Waals surface area contributed by atoms with Crippen LogP contribution in [0.4, 0.5) is 0 Å². The molecule has 0 aromatic carbocycles. The molecule has 0 aliphatic heterocycles. The van der Waals surface area contributed by atoms with Crippen molar-refractivity contribution >= 4 is 0 Å². The summed E-state index contributed by atoms with van der Waals surface area (Å²) in [5.74, 6) is 2.09. The molecule has 18 heavy (non-hydrogen) atoms. The summed E-state index contributed by atoms with van der Waals surface area (Å²) in [7, 11) is 0. The molecule has 1 rings (SSSR count). The maximum Gasteiger partial charge on any atom is 0.229 e. The van der Waals surface area contributed by atoms with Gasteiger partial charge in [0.05, 0.1) is 0 Å². The van der Waals surface area contributed by atoms with Crippen molar-refractivity contribution in [3.63, 3.8) is 0 Å². The van der Waals surface area contributed by atoms with Crippen LogP contribution >= 0.6 is 0 Å². The topological polar surface area (TPSA) is 38.9 Å². The monoisotopic (exact) mass is 252 g/mol. The molecule has 3 heteroatoms. The van der Waals surface area contributed by atoms with Crippen molar-refractivity contribution in [2.75, 3.05) is 0 Å². The van der Waals surface area contributed by atoms with Crippen molar-refractivity contribution < 1.29 is 4.52 Å². The predicted octanol–water partition coefficient (Wildman–Crippen LogP) is 4.83. The van der Waals surface area contributed by atoms with E-state index in [9.17, 15) is 0 Å². The van der Waals surface area contributed by atoms with Gasteiger partial charge in [0, 0.05) is 11.3 Å². The van der Waals surface area contributed by atoms with Crippen LogP contribution in [0.5, 0.6) is 0 Å². The van der Waals surface area contributed by atoms with Gasteiger partial charge in [-0.3, -0.25) is 0 Å². The zero-order valence-corrected chi connectivity index (χ0v) is 12.6. The average Bonchev–Trinajstić information content (AvgIpc) is 2.78. The normalized spacial score (nSPS) is 13.8. The summed E-state index contributed by atoms with van der Waals surface area (Å²) >= 11 is 0. The largest absolute Gasteiger partial charge is 0.339 e. The molecule has 1 unspecified atom stereocenters. The summed E-state index contributed by atoms with van der Waals surface area (Å²) in [6.07, 6.45) is 7.44. The Morgan fingerprint density at radius 1 is 1.11 bits per heavy atom. The summed E-state index contributed by atoms with van der Waals surface area (Å²) < 4.78 is 5.44. The Bertz CT molecular complexity index is 339. The highest BCUT2D eigenvalue weighted by molar-refractivity contribution is 5.02. The quantitative estimate of drug-likeness (QED) is 0.652. The van der Waals surface area contributed by atoms with Crippen molar-refractivity contribution in [3.05, 3.63) is 11.7 Å². The SMILES string of the molecule is CCCCCCC(CC)c1nc(C(C)(C)C)no1. The van der Waals surface area contributed by atoms with E-state index < -0.39 is 0 Å². The van der Waals surface area contributed by atoms with Crippen molar-refractivity contribution in [2.45, 2.75) is 84.5 Å². The molecule has 0 amide bonds. The highest BCUT2D eigenvalue weighted by Crippen LogP contribution is 2.27. The van der Waals surface area contributed by atoms with Crippen LogP contribution in [0.15, 0.2) is 4.52 Å². The molecular formula is C15H28N2O. The smallest absolute Gasteiger partial charge is 0.229 e. The van der Waals surface area contributed by atoms with Gasteiger partial charge >= 0.3 is 0 Å². The van der Waals surface area contributed by atoms with Crippen LogP contribution in [0.1, 0.15) is 90.8 Å². The molecule has 1 aromatic heterocycles. The first-order valence-electron chi connectivity index (χ1n) is 7.33. The standard InChI is InChI=1S/C15H28N2O/c1-6-8-9-10-11-12(7-2)13-16-14(17-18-13)15(3,4)5/h12H,6-11H2,1-5H3. The molecule has 0 radical (unpaired) electrons. The molecule has 0 fully saturated rings. The summed E-state index contributed by atoms with van der Waals surface area (Å²) in [4.78, 5) is 4.57. The van der Waals surface area contributed by atoms with Crippen LogP contribution in [0.2, 0.25) is 0 Å². The first-order chi connectivity index (χ1) is 8.49. The Morgan fingerprint density at radius 2 is 1.83 bits per heavy atom. The van der Waals surface area contributed by atoms with Gasteiger partial charge in [0.25, 0.3) is 0 Å². The van der Waals surface area contributed by atoms with Gasteiger partial charge < -0.3 is 4.52 Å². The third-order valence-corrected chi connectivity index (χ3v) is 3.36. The maximum atomic E-state index is 5.44. The minimum absolute atomic E-state index is 0.0255. The van der Waals surface area contributed by atoms with Gasteiger partial charge in [-0.2, -0.15) is 4.98 Å². The van der Waals surface area contributed by atoms with Crippen LogP contribution in [-0.4, -0.2) is 10.1 Å². The van der Waals surface area contributed by atoms with Gasteiger partial charge in [-0.1, -0.05) is 65.5 Å². The number of unbranched alkanes of at least 4 members (excludes halogenated alkanes) is 3. The molecule has 0 saturated carbocycles. The number of hydrogen-bond donors (Lipinski definition) is 0. The lowest BCUT2D eigenvalue weighted by Crippen LogP contribution is -2.13. The van der Waals surface area contributed by atoms with Gasteiger partial charge in [0.2, 0.25) is 5.89 Å². The maximum absolute atomic E-state index is 5.44. The molecule has 0 bridgehead atoms. The predicted molar refractivity (Wildman–Crippen MR) is 74.8 cm³/mol. The van der Waals surface area contributed by atoms with Gasteiger partial charge in [-0.25, -0.2) is 0 Å². The Kier molecular flexibility index (Phi) is 5.83. The zero-order valence-electron chi connectivity index (χ0n) is 12.6. The molecule has 0 spiro atoms. The second-order valence-corrected chi connectivity index (χ2v) is 6.16. The summed E-state index contributed by atoms with van der Waals surface area (Å²) in [5.41, 5.74) is -0.0255. The Hall–Kier alpha value is -0.860. The fourth-order valence-corrected chi connectivity index (χ4v) is 2.03. The van der Waals surface area contributed by atoms with Gasteiger partial charge in [0.1, 0.15) is 0 Å². The molecule has 1 heterocycles. The summed E-state index contributed by atoms with van der Waals surface area (Å²) in [6.45, 7) is 10.8. The molecule has 0 aliphatic carbocycles. The van der Waals surface area contributed by atoms with Crippen LogP contribution in [0, 0.1) is 0 Å². The van der Waals surface area contributed by atoms with Crippen molar-refractivity contribution in [2.24, 2.45) is 0 Å². The number of hydrogen-bond acceptors (Lipinski definition) is 3. The Morgan fingerprint density at radius 3 is 2.33 bits per heavy atom. The van der Waals surface area contributed by atoms with Crippen molar-refractivity contribution in [1.29, 1.82) is 0 Å². The van der Waals surface area contributed by atoms with Gasteiger partial charge in [-0.05, 0) is 12.8 Å². The average molecular weight is 252 g/mol. The molecule has 0 N–H and O–H groups in total. The second kappa shape index (κ2) is 6.91. The zero-order chi connectivity index (χ0) is 13.6. The van der Waals surface area contributed by atoms with E-state index >= 15 is 0 Å². The summed E-state index contributed by atoms with van der Waals surface area (Å²) in [5, 5.41) is 4.11. The van der Waals surface area contributed by atoms with E-state index in [1.165, 1.54) is 32.1 Å².